The predicted molar refractivity (Wildman–Crippen MR) is 41.1 cm³/mol. The van der Waals surface area contributed by atoms with Crippen molar-refractivity contribution in [2.45, 2.75) is 27.2 Å². The van der Waals surface area contributed by atoms with Crippen LogP contribution in [-0.4, -0.2) is 18.9 Å². The Labute approximate surface area is 66.7 Å². The minimum Gasteiger partial charge on any atom is -0.465 e. The molecule has 64 valence electrons. The van der Waals surface area contributed by atoms with E-state index < -0.39 is 11.4 Å². The molecule has 0 heterocycles. The third-order valence-corrected chi connectivity index (χ3v) is 1.74. The number of ether oxygens (including phenoxy) is 1. The van der Waals surface area contributed by atoms with Crippen molar-refractivity contribution in [3.8, 4) is 0 Å². The molecule has 0 fully saturated rings. The molecule has 0 aliphatic heterocycles. The van der Waals surface area contributed by atoms with Crippen LogP contribution in [0.2, 0.25) is 0 Å². The predicted octanol–water partition coefficient (Wildman–Crippen LogP) is 1.16. The average Bonchev–Trinajstić information content (AvgIpc) is 2.03. The van der Waals surface area contributed by atoms with Gasteiger partial charge in [-0.15, -0.1) is 0 Å². The number of rotatable bonds is 4. The highest BCUT2D eigenvalue weighted by Crippen LogP contribution is 2.19. The monoisotopic (exact) mass is 158 g/mol. The molecular formula is C8H14O3. The minimum atomic E-state index is -0.948. The quantitative estimate of drug-likeness (QED) is 0.350. The van der Waals surface area contributed by atoms with Crippen LogP contribution >= 0.6 is 0 Å². The second-order valence-corrected chi connectivity index (χ2v) is 2.61. The van der Waals surface area contributed by atoms with Gasteiger partial charge in [-0.3, -0.25) is 4.79 Å². The molecule has 1 atom stereocenters. The van der Waals surface area contributed by atoms with Crippen LogP contribution in [0.1, 0.15) is 27.2 Å². The van der Waals surface area contributed by atoms with E-state index in [1.165, 1.54) is 0 Å². The molecule has 0 aliphatic carbocycles. The Morgan fingerprint density at radius 2 is 2.09 bits per heavy atom. The van der Waals surface area contributed by atoms with Gasteiger partial charge < -0.3 is 9.53 Å². The third kappa shape index (κ3) is 2.33. The lowest BCUT2D eigenvalue weighted by Crippen LogP contribution is -2.30. The van der Waals surface area contributed by atoms with Crippen LogP contribution in [0.15, 0.2) is 0 Å². The number of carbonyl (C=O) groups is 2. The molecule has 0 spiro atoms. The van der Waals surface area contributed by atoms with Gasteiger partial charge in [-0.2, -0.15) is 0 Å². The van der Waals surface area contributed by atoms with Crippen LogP contribution in [0.4, 0.5) is 0 Å². The van der Waals surface area contributed by atoms with E-state index in [0.717, 1.165) is 0 Å². The fourth-order valence-corrected chi connectivity index (χ4v) is 0.572. The zero-order valence-corrected chi connectivity index (χ0v) is 7.22. The number of hydrogen-bond acceptors (Lipinski definition) is 3. The molecule has 0 amide bonds. The first-order chi connectivity index (χ1) is 5.10. The van der Waals surface area contributed by atoms with Crippen molar-refractivity contribution in [1.29, 1.82) is 0 Å². The smallest absolute Gasteiger partial charge is 0.319 e. The van der Waals surface area contributed by atoms with Gasteiger partial charge in [0.15, 0.2) is 0 Å². The lowest BCUT2D eigenvalue weighted by Gasteiger charge is -2.17. The van der Waals surface area contributed by atoms with Gasteiger partial charge in [-0.25, -0.2) is 0 Å². The van der Waals surface area contributed by atoms with Gasteiger partial charge in [0.1, 0.15) is 11.7 Å². The van der Waals surface area contributed by atoms with E-state index in [1.807, 2.05) is 0 Å². The van der Waals surface area contributed by atoms with E-state index in [0.29, 0.717) is 19.3 Å². The molecule has 0 aliphatic rings. The first-order valence-electron chi connectivity index (χ1n) is 3.74. The second-order valence-electron chi connectivity index (χ2n) is 2.61. The Balaban J connectivity index is 4.24. The molecular weight excluding hydrogens is 144 g/mol. The Kier molecular flexibility index (Phi) is 3.79. The fraction of sp³-hybridized carbons (Fsp3) is 0.750. The van der Waals surface area contributed by atoms with Crippen molar-refractivity contribution in [3.05, 3.63) is 0 Å². The van der Waals surface area contributed by atoms with Crippen LogP contribution in [0, 0.1) is 5.41 Å². The molecule has 11 heavy (non-hydrogen) atoms. The summed E-state index contributed by atoms with van der Waals surface area (Å²) in [7, 11) is 0. The van der Waals surface area contributed by atoms with E-state index in [2.05, 4.69) is 0 Å². The van der Waals surface area contributed by atoms with Gasteiger partial charge >= 0.3 is 5.97 Å². The molecule has 0 aromatic rings. The third-order valence-electron chi connectivity index (χ3n) is 1.74. The Morgan fingerprint density at radius 1 is 1.55 bits per heavy atom. The lowest BCUT2D eigenvalue weighted by atomic mass is 9.90. The van der Waals surface area contributed by atoms with E-state index in [-0.39, 0.29) is 0 Å². The zero-order valence-electron chi connectivity index (χ0n) is 7.22. The minimum absolute atomic E-state index is 0.322. The molecule has 0 bridgehead atoms. The van der Waals surface area contributed by atoms with E-state index in [1.54, 1.807) is 20.8 Å². The van der Waals surface area contributed by atoms with E-state index in [9.17, 15) is 9.59 Å². The first-order valence-corrected chi connectivity index (χ1v) is 3.74. The molecule has 0 saturated carbocycles. The number of hydrogen-bond donors (Lipinski definition) is 0. The van der Waals surface area contributed by atoms with Gasteiger partial charge in [0.25, 0.3) is 0 Å². The van der Waals surface area contributed by atoms with Crippen molar-refractivity contribution < 1.29 is 14.3 Å². The van der Waals surface area contributed by atoms with Crippen LogP contribution < -0.4 is 0 Å². The maximum Gasteiger partial charge on any atom is 0.319 e. The van der Waals surface area contributed by atoms with Crippen LogP contribution in [0.3, 0.4) is 0 Å². The standard InChI is InChI=1S/C8H14O3/c1-4-8(3,6-9)7(10)11-5-2/h6H,4-5H2,1-3H3/t8-/m1/s1. The fourth-order valence-electron chi connectivity index (χ4n) is 0.572. The first kappa shape index (κ1) is 10.1. The van der Waals surface area contributed by atoms with Crippen molar-refractivity contribution in [1.82, 2.24) is 0 Å². The highest BCUT2D eigenvalue weighted by molar-refractivity contribution is 5.92. The SMILES string of the molecule is CCOC(=O)[C@@](C)(C=O)CC. The van der Waals surface area contributed by atoms with Crippen molar-refractivity contribution in [3.63, 3.8) is 0 Å². The molecule has 0 unspecified atom stereocenters. The van der Waals surface area contributed by atoms with Gasteiger partial charge in [0.05, 0.1) is 6.61 Å². The second kappa shape index (κ2) is 4.11. The highest BCUT2D eigenvalue weighted by Gasteiger charge is 2.32. The highest BCUT2D eigenvalue weighted by atomic mass is 16.5. The topological polar surface area (TPSA) is 43.4 Å². The van der Waals surface area contributed by atoms with Gasteiger partial charge in [0, 0.05) is 0 Å². The molecule has 0 aromatic heterocycles. The summed E-state index contributed by atoms with van der Waals surface area (Å²) in [6.45, 7) is 5.41. The Morgan fingerprint density at radius 3 is 2.36 bits per heavy atom. The van der Waals surface area contributed by atoms with Crippen molar-refractivity contribution in [2.75, 3.05) is 6.61 Å². The van der Waals surface area contributed by atoms with Gasteiger partial charge in [-0.05, 0) is 20.3 Å². The van der Waals surface area contributed by atoms with Gasteiger partial charge in [0.2, 0.25) is 0 Å². The maximum atomic E-state index is 11.1. The van der Waals surface area contributed by atoms with E-state index >= 15 is 0 Å². The summed E-state index contributed by atoms with van der Waals surface area (Å²) in [4.78, 5) is 21.5. The number of esters is 1. The lowest BCUT2D eigenvalue weighted by molar-refractivity contribution is -0.156. The number of aldehydes is 1. The van der Waals surface area contributed by atoms with Gasteiger partial charge in [-0.1, -0.05) is 6.92 Å². The normalized spacial score (nSPS) is 15.2. The summed E-state index contributed by atoms with van der Waals surface area (Å²) >= 11 is 0. The molecule has 3 nitrogen and oxygen atoms in total. The summed E-state index contributed by atoms with van der Waals surface area (Å²) in [5, 5.41) is 0. The number of carbonyl (C=O) groups excluding carboxylic acids is 2. The summed E-state index contributed by atoms with van der Waals surface area (Å²) in [6.07, 6.45) is 1.13. The summed E-state index contributed by atoms with van der Waals surface area (Å²) in [5.74, 6) is -0.433. The molecule has 0 N–H and O–H groups in total. The summed E-state index contributed by atoms with van der Waals surface area (Å²) in [5.41, 5.74) is -0.948. The molecule has 0 rings (SSSR count). The zero-order chi connectivity index (χ0) is 8.91. The Hall–Kier alpha value is -0.860. The van der Waals surface area contributed by atoms with Crippen molar-refractivity contribution in [2.24, 2.45) is 5.41 Å². The molecule has 0 aromatic carbocycles. The van der Waals surface area contributed by atoms with Crippen LogP contribution in [-0.2, 0) is 14.3 Å². The van der Waals surface area contributed by atoms with Crippen LogP contribution in [0.25, 0.3) is 0 Å². The van der Waals surface area contributed by atoms with Crippen LogP contribution in [0.5, 0.6) is 0 Å². The molecule has 3 heteroatoms. The van der Waals surface area contributed by atoms with E-state index in [4.69, 9.17) is 4.74 Å². The molecule has 0 saturated heterocycles. The Bertz CT molecular complexity index is 153. The maximum absolute atomic E-state index is 11.1. The summed E-state index contributed by atoms with van der Waals surface area (Å²) < 4.78 is 4.72. The average molecular weight is 158 g/mol. The molecule has 0 radical (unpaired) electrons. The largest absolute Gasteiger partial charge is 0.465 e. The van der Waals surface area contributed by atoms with Crippen molar-refractivity contribution >= 4 is 12.3 Å². The summed E-state index contributed by atoms with van der Waals surface area (Å²) in [6, 6.07) is 0.